The van der Waals surface area contributed by atoms with Crippen molar-refractivity contribution in [1.82, 2.24) is 0 Å². The molecule has 0 saturated heterocycles. The lowest BCUT2D eigenvalue weighted by Crippen LogP contribution is -2.12. The molecular formula is C20H18O5. The van der Waals surface area contributed by atoms with Crippen LogP contribution in [0.2, 0.25) is 0 Å². The van der Waals surface area contributed by atoms with Crippen molar-refractivity contribution >= 4 is 16.9 Å². The molecule has 0 aliphatic rings. The van der Waals surface area contributed by atoms with E-state index in [2.05, 4.69) is 0 Å². The fraction of sp³-hybridized carbons (Fsp3) is 0.200. The third kappa shape index (κ3) is 4.26. The highest BCUT2D eigenvalue weighted by Gasteiger charge is 2.08. The van der Waals surface area contributed by atoms with E-state index in [0.29, 0.717) is 17.1 Å². The molecule has 0 aliphatic heterocycles. The number of aryl methyl sites for hydroxylation is 2. The maximum Gasteiger partial charge on any atom is 0.336 e. The van der Waals surface area contributed by atoms with Gasteiger partial charge >= 0.3 is 11.6 Å². The molecule has 3 aromatic rings. The first kappa shape index (κ1) is 16.8. The van der Waals surface area contributed by atoms with Gasteiger partial charge in [-0.1, -0.05) is 17.7 Å². The van der Waals surface area contributed by atoms with E-state index >= 15 is 0 Å². The summed E-state index contributed by atoms with van der Waals surface area (Å²) >= 11 is 0. The number of carbonyl (C=O) groups excluding carboxylic acids is 1. The van der Waals surface area contributed by atoms with Gasteiger partial charge in [-0.25, -0.2) is 4.79 Å². The summed E-state index contributed by atoms with van der Waals surface area (Å²) in [7, 11) is 0. The molecule has 0 radical (unpaired) electrons. The molecule has 0 atom stereocenters. The van der Waals surface area contributed by atoms with Crippen LogP contribution in [0, 0.1) is 13.8 Å². The van der Waals surface area contributed by atoms with E-state index in [-0.39, 0.29) is 13.0 Å². The van der Waals surface area contributed by atoms with E-state index in [0.717, 1.165) is 16.5 Å². The van der Waals surface area contributed by atoms with E-state index < -0.39 is 11.6 Å². The summed E-state index contributed by atoms with van der Waals surface area (Å²) in [6.45, 7) is 4.05. The minimum Gasteiger partial charge on any atom is -0.493 e. The molecule has 1 heterocycles. The fourth-order valence-corrected chi connectivity index (χ4v) is 2.44. The number of rotatable bonds is 5. The van der Waals surface area contributed by atoms with Crippen molar-refractivity contribution in [3.8, 4) is 11.5 Å². The monoisotopic (exact) mass is 338 g/mol. The van der Waals surface area contributed by atoms with Crippen LogP contribution >= 0.6 is 0 Å². The van der Waals surface area contributed by atoms with Crippen molar-refractivity contribution < 1.29 is 18.7 Å². The Balaban J connectivity index is 1.60. The Hall–Kier alpha value is -3.08. The molecule has 2 aromatic carbocycles. The second-order valence-electron chi connectivity index (χ2n) is 5.79. The van der Waals surface area contributed by atoms with Crippen LogP contribution in [-0.4, -0.2) is 12.6 Å². The molecule has 0 unspecified atom stereocenters. The van der Waals surface area contributed by atoms with Crippen molar-refractivity contribution in [2.75, 3.05) is 6.61 Å². The number of hydrogen-bond acceptors (Lipinski definition) is 5. The van der Waals surface area contributed by atoms with Crippen molar-refractivity contribution in [1.29, 1.82) is 0 Å². The van der Waals surface area contributed by atoms with Crippen LogP contribution in [-0.2, 0) is 4.79 Å². The van der Waals surface area contributed by atoms with Gasteiger partial charge in [0.05, 0.1) is 13.0 Å². The lowest BCUT2D eigenvalue weighted by atomic mass is 10.1. The van der Waals surface area contributed by atoms with E-state index in [1.54, 1.807) is 18.2 Å². The first-order valence-electron chi connectivity index (χ1n) is 7.96. The Kier molecular flexibility index (Phi) is 4.84. The smallest absolute Gasteiger partial charge is 0.336 e. The summed E-state index contributed by atoms with van der Waals surface area (Å²) in [6.07, 6.45) is 0.115. The number of ether oxygens (including phenoxy) is 2. The van der Waals surface area contributed by atoms with Crippen LogP contribution < -0.4 is 15.1 Å². The Bertz CT molecular complexity index is 954. The van der Waals surface area contributed by atoms with Gasteiger partial charge in [0.2, 0.25) is 0 Å². The molecule has 3 rings (SSSR count). The Morgan fingerprint density at radius 3 is 2.48 bits per heavy atom. The topological polar surface area (TPSA) is 65.7 Å². The molecular weight excluding hydrogens is 320 g/mol. The lowest BCUT2D eigenvalue weighted by molar-refractivity contribution is -0.134. The van der Waals surface area contributed by atoms with E-state index in [1.165, 1.54) is 6.07 Å². The maximum atomic E-state index is 11.9. The molecule has 0 aliphatic carbocycles. The van der Waals surface area contributed by atoms with Crippen molar-refractivity contribution in [3.05, 3.63) is 70.1 Å². The highest BCUT2D eigenvalue weighted by molar-refractivity contribution is 5.82. The molecule has 0 spiro atoms. The van der Waals surface area contributed by atoms with Gasteiger partial charge in [0.15, 0.2) is 0 Å². The second-order valence-corrected chi connectivity index (χ2v) is 5.79. The molecule has 1 aromatic heterocycles. The quantitative estimate of drug-likeness (QED) is 0.402. The Labute approximate surface area is 144 Å². The largest absolute Gasteiger partial charge is 0.493 e. The van der Waals surface area contributed by atoms with Gasteiger partial charge in [-0.2, -0.15) is 0 Å². The summed E-state index contributed by atoms with van der Waals surface area (Å²) in [5.41, 5.74) is 1.92. The molecule has 128 valence electrons. The van der Waals surface area contributed by atoms with Crippen LogP contribution in [0.1, 0.15) is 17.5 Å². The van der Waals surface area contributed by atoms with Crippen molar-refractivity contribution in [2.24, 2.45) is 0 Å². The summed E-state index contributed by atoms with van der Waals surface area (Å²) < 4.78 is 15.9. The average molecular weight is 338 g/mol. The van der Waals surface area contributed by atoms with Gasteiger partial charge in [0.1, 0.15) is 17.1 Å². The zero-order valence-electron chi connectivity index (χ0n) is 14.1. The minimum atomic E-state index is -0.431. The average Bonchev–Trinajstić information content (AvgIpc) is 2.56. The van der Waals surface area contributed by atoms with Crippen LogP contribution in [0.4, 0.5) is 0 Å². The molecule has 0 fully saturated rings. The Morgan fingerprint density at radius 2 is 1.72 bits per heavy atom. The van der Waals surface area contributed by atoms with Crippen LogP contribution in [0.15, 0.2) is 57.7 Å². The van der Waals surface area contributed by atoms with Gasteiger partial charge < -0.3 is 13.9 Å². The van der Waals surface area contributed by atoms with Gasteiger partial charge in [-0.15, -0.1) is 0 Å². The van der Waals surface area contributed by atoms with E-state index in [1.807, 2.05) is 38.1 Å². The predicted molar refractivity (Wildman–Crippen MR) is 94.1 cm³/mol. The van der Waals surface area contributed by atoms with Crippen LogP contribution in [0.25, 0.3) is 11.0 Å². The number of benzene rings is 2. The zero-order valence-corrected chi connectivity index (χ0v) is 14.1. The first-order chi connectivity index (χ1) is 12.0. The number of esters is 1. The normalized spacial score (nSPS) is 10.6. The fourth-order valence-electron chi connectivity index (χ4n) is 2.44. The molecule has 0 amide bonds. The highest BCUT2D eigenvalue weighted by Crippen LogP contribution is 2.22. The molecule has 0 saturated carbocycles. The number of fused-ring (bicyclic) bond motifs is 1. The molecule has 25 heavy (non-hydrogen) atoms. The zero-order chi connectivity index (χ0) is 17.8. The summed E-state index contributed by atoms with van der Waals surface area (Å²) in [4.78, 5) is 23.4. The predicted octanol–water partition coefficient (Wildman–Crippen LogP) is 3.78. The van der Waals surface area contributed by atoms with Crippen molar-refractivity contribution in [3.63, 3.8) is 0 Å². The van der Waals surface area contributed by atoms with Crippen molar-refractivity contribution in [2.45, 2.75) is 20.3 Å². The molecule has 0 bridgehead atoms. The molecule has 5 nitrogen and oxygen atoms in total. The minimum absolute atomic E-state index is 0.115. The molecule has 5 heteroatoms. The lowest BCUT2D eigenvalue weighted by Gasteiger charge is -2.08. The van der Waals surface area contributed by atoms with Gasteiger partial charge in [-0.05, 0) is 43.7 Å². The first-order valence-corrected chi connectivity index (χ1v) is 7.96. The van der Waals surface area contributed by atoms with Gasteiger partial charge in [0, 0.05) is 17.5 Å². The van der Waals surface area contributed by atoms with E-state index in [9.17, 15) is 9.59 Å². The third-order valence-electron chi connectivity index (χ3n) is 3.75. The highest BCUT2D eigenvalue weighted by atomic mass is 16.5. The molecule has 0 N–H and O–H groups in total. The summed E-state index contributed by atoms with van der Waals surface area (Å²) in [5, 5.41) is 0.808. The number of hydrogen-bond donors (Lipinski definition) is 0. The summed E-state index contributed by atoms with van der Waals surface area (Å²) in [6, 6.07) is 14.0. The maximum absolute atomic E-state index is 11.9. The third-order valence-corrected chi connectivity index (χ3v) is 3.75. The van der Waals surface area contributed by atoms with Gasteiger partial charge in [0.25, 0.3) is 0 Å². The van der Waals surface area contributed by atoms with Crippen LogP contribution in [0.5, 0.6) is 11.5 Å². The summed E-state index contributed by atoms with van der Waals surface area (Å²) in [5.74, 6) is 0.629. The standard InChI is InChI=1S/C20H18O5/c1-13-3-5-15(6-4-13)23-10-9-19(21)24-16-7-8-17-14(2)11-20(22)25-18(17)12-16/h3-8,11-12H,9-10H2,1-2H3. The van der Waals surface area contributed by atoms with E-state index in [4.69, 9.17) is 13.9 Å². The SMILES string of the molecule is Cc1ccc(OCCC(=O)Oc2ccc3c(C)cc(=O)oc3c2)cc1. The number of carbonyl (C=O) groups is 1. The second kappa shape index (κ2) is 7.21. The van der Waals surface area contributed by atoms with Gasteiger partial charge in [-0.3, -0.25) is 4.79 Å². The van der Waals surface area contributed by atoms with Crippen LogP contribution in [0.3, 0.4) is 0 Å². The Morgan fingerprint density at radius 1 is 1.00 bits per heavy atom.